The molecule has 0 radical (unpaired) electrons. The third-order valence-electron chi connectivity index (χ3n) is 10.2. The number of sulfonamides is 1. The van der Waals surface area contributed by atoms with Crippen LogP contribution in [-0.2, 0) is 23.6 Å². The molecule has 7 rings (SSSR count). The molecule has 0 unspecified atom stereocenters. The first-order valence-corrected chi connectivity index (χ1v) is 18.6. The van der Waals surface area contributed by atoms with E-state index >= 15 is 0 Å². The number of ether oxygens (including phenoxy) is 1. The molecule has 1 amide bonds. The number of amides is 1. The van der Waals surface area contributed by atoms with Crippen LogP contribution in [0, 0.1) is 19.3 Å². The first-order chi connectivity index (χ1) is 23.8. The van der Waals surface area contributed by atoms with E-state index in [1.54, 1.807) is 29.3 Å². The van der Waals surface area contributed by atoms with Gasteiger partial charge in [0.05, 0.1) is 35.1 Å². The molecule has 4 bridgehead atoms. The minimum atomic E-state index is -4.18. The molecule has 0 saturated heterocycles. The molecule has 1 saturated carbocycles. The number of nitrogens with zero attached hydrogens (tertiary/aromatic N) is 6. The zero-order valence-corrected chi connectivity index (χ0v) is 30.2. The summed E-state index contributed by atoms with van der Waals surface area (Å²) in [4.78, 5) is 35.2. The zero-order chi connectivity index (χ0) is 35.4. The Kier molecular flexibility index (Phi) is 8.62. The van der Waals surface area contributed by atoms with Gasteiger partial charge in [-0.3, -0.25) is 9.78 Å². The molecule has 11 nitrogen and oxygen atoms in total. The topological polar surface area (TPSA) is 132 Å². The van der Waals surface area contributed by atoms with Crippen molar-refractivity contribution >= 4 is 33.0 Å². The summed E-state index contributed by atoms with van der Waals surface area (Å²) in [6, 6.07) is 15.5. The highest BCUT2D eigenvalue weighted by Gasteiger charge is 2.38. The lowest BCUT2D eigenvalue weighted by Gasteiger charge is -2.43. The molecular weight excluding hydrogens is 651 g/mol. The molecule has 1 fully saturated rings. The molecule has 12 heteroatoms. The van der Waals surface area contributed by atoms with Crippen molar-refractivity contribution in [3.8, 4) is 17.1 Å². The summed E-state index contributed by atoms with van der Waals surface area (Å²) in [6.45, 7) is 10.8. The third-order valence-corrected chi connectivity index (χ3v) is 11.5. The molecule has 2 aromatic carbocycles. The first kappa shape index (κ1) is 33.6. The minimum absolute atomic E-state index is 0.0213. The standard InChI is InChI=1S/C38H43N7O4S/c1-23(2)32-17-31-35(44(32)6)40-27(20-39-31)21-45-28(19-38(5)14-9-15-38)22-49-33-18-30(34-24(3)10-7-11-25(34)4)41-37(42-33)43-50(47,48)29-13-8-12-26(16-29)36(45)46/h7-8,10-13,16-18,20,23,28H,9,14-15,19,21-22H2,1-6H3,(H,41,42,43)/t28-/m1/s1. The maximum Gasteiger partial charge on any atom is 0.264 e. The number of anilines is 1. The molecule has 1 N–H and O–H groups in total. The molecule has 2 aliphatic rings. The Balaban J connectivity index is 1.36. The van der Waals surface area contributed by atoms with Gasteiger partial charge in [0.2, 0.25) is 11.8 Å². The molecule has 50 heavy (non-hydrogen) atoms. The van der Waals surface area contributed by atoms with Crippen molar-refractivity contribution in [3.05, 3.63) is 88.9 Å². The molecule has 1 aliphatic carbocycles. The molecule has 1 atom stereocenters. The van der Waals surface area contributed by atoms with Crippen molar-refractivity contribution in [2.24, 2.45) is 12.5 Å². The number of aromatic nitrogens is 5. The van der Waals surface area contributed by atoms with Crippen LogP contribution >= 0.6 is 0 Å². The summed E-state index contributed by atoms with van der Waals surface area (Å²) >= 11 is 0. The molecule has 5 aromatic rings. The van der Waals surface area contributed by atoms with Crippen LogP contribution in [-0.4, -0.2) is 56.4 Å². The van der Waals surface area contributed by atoms with Crippen molar-refractivity contribution in [1.82, 2.24) is 29.4 Å². The van der Waals surface area contributed by atoms with Gasteiger partial charge in [0.1, 0.15) is 12.1 Å². The van der Waals surface area contributed by atoms with Crippen molar-refractivity contribution in [3.63, 3.8) is 0 Å². The van der Waals surface area contributed by atoms with Crippen molar-refractivity contribution in [2.45, 2.75) is 83.7 Å². The Morgan fingerprint density at radius 2 is 1.76 bits per heavy atom. The lowest BCUT2D eigenvalue weighted by molar-refractivity contribution is 0.0350. The Morgan fingerprint density at radius 3 is 2.46 bits per heavy atom. The highest BCUT2D eigenvalue weighted by Crippen LogP contribution is 2.45. The monoisotopic (exact) mass is 693 g/mol. The van der Waals surface area contributed by atoms with E-state index in [0.29, 0.717) is 23.7 Å². The van der Waals surface area contributed by atoms with Gasteiger partial charge >= 0.3 is 0 Å². The van der Waals surface area contributed by atoms with Crippen molar-refractivity contribution in [1.29, 1.82) is 0 Å². The van der Waals surface area contributed by atoms with Crippen LogP contribution in [0.2, 0.25) is 0 Å². The lowest BCUT2D eigenvalue weighted by Crippen LogP contribution is -2.47. The van der Waals surface area contributed by atoms with Gasteiger partial charge in [-0.25, -0.2) is 23.1 Å². The lowest BCUT2D eigenvalue weighted by atomic mass is 9.67. The molecule has 3 aromatic heterocycles. The van der Waals surface area contributed by atoms with Gasteiger partial charge in [0.15, 0.2) is 5.65 Å². The fourth-order valence-electron chi connectivity index (χ4n) is 7.33. The number of carbonyl (C=O) groups is 1. The molecule has 260 valence electrons. The van der Waals surface area contributed by atoms with E-state index in [2.05, 4.69) is 46.1 Å². The van der Waals surface area contributed by atoms with Crippen LogP contribution in [0.25, 0.3) is 22.4 Å². The maximum absolute atomic E-state index is 14.6. The van der Waals surface area contributed by atoms with Gasteiger partial charge < -0.3 is 14.2 Å². The quantitative estimate of drug-likeness (QED) is 0.202. The zero-order valence-electron chi connectivity index (χ0n) is 29.4. The Morgan fingerprint density at radius 1 is 1.02 bits per heavy atom. The van der Waals surface area contributed by atoms with Gasteiger partial charge in [-0.1, -0.05) is 51.5 Å². The summed E-state index contributed by atoms with van der Waals surface area (Å²) < 4.78 is 38.6. The van der Waals surface area contributed by atoms with E-state index in [4.69, 9.17) is 14.7 Å². The second-order valence-corrected chi connectivity index (χ2v) is 16.1. The molecule has 1 aliphatic heterocycles. The predicted octanol–water partition coefficient (Wildman–Crippen LogP) is 6.95. The fourth-order valence-corrected chi connectivity index (χ4v) is 8.32. The number of nitrogens with one attached hydrogen (secondary N) is 1. The molecule has 0 spiro atoms. The van der Waals surface area contributed by atoms with E-state index in [1.807, 2.05) is 39.1 Å². The number of rotatable bonds is 6. The fraction of sp³-hybridized carbons (Fsp3) is 0.395. The predicted molar refractivity (Wildman–Crippen MR) is 193 cm³/mol. The number of benzene rings is 2. The van der Waals surface area contributed by atoms with E-state index in [0.717, 1.165) is 52.8 Å². The van der Waals surface area contributed by atoms with E-state index < -0.39 is 10.0 Å². The number of hydrogen-bond donors (Lipinski definition) is 1. The Bertz CT molecular complexity index is 2210. The van der Waals surface area contributed by atoms with E-state index in [1.165, 1.54) is 12.1 Å². The van der Waals surface area contributed by atoms with Crippen LogP contribution < -0.4 is 9.46 Å². The van der Waals surface area contributed by atoms with E-state index in [-0.39, 0.29) is 52.8 Å². The van der Waals surface area contributed by atoms with Crippen LogP contribution in [0.15, 0.2) is 65.7 Å². The second-order valence-electron chi connectivity index (χ2n) is 14.4. The normalized spacial score (nSPS) is 18.4. The third kappa shape index (κ3) is 6.44. The number of hydrogen-bond acceptors (Lipinski definition) is 8. The number of fused-ring (bicyclic) bond motifs is 5. The minimum Gasteiger partial charge on any atom is -0.475 e. The second kappa shape index (κ2) is 12.8. The molecular formula is C38H43N7O4S. The smallest absolute Gasteiger partial charge is 0.264 e. The van der Waals surface area contributed by atoms with Crippen LogP contribution in [0.4, 0.5) is 5.95 Å². The van der Waals surface area contributed by atoms with Gasteiger partial charge in [0.25, 0.3) is 15.9 Å². The van der Waals surface area contributed by atoms with Gasteiger partial charge in [-0.2, -0.15) is 4.98 Å². The maximum atomic E-state index is 14.6. The Hall–Kier alpha value is -4.84. The van der Waals surface area contributed by atoms with Crippen LogP contribution in [0.1, 0.15) is 85.2 Å². The number of carbonyl (C=O) groups excluding carboxylic acids is 1. The average Bonchev–Trinajstić information content (AvgIpc) is 3.39. The molecule has 4 heterocycles. The van der Waals surface area contributed by atoms with E-state index in [9.17, 15) is 13.2 Å². The highest BCUT2D eigenvalue weighted by atomic mass is 32.2. The summed E-state index contributed by atoms with van der Waals surface area (Å²) in [6.07, 6.45) is 5.64. The summed E-state index contributed by atoms with van der Waals surface area (Å²) in [5, 5.41) is 0. The Labute approximate surface area is 293 Å². The van der Waals surface area contributed by atoms with Crippen molar-refractivity contribution < 1.29 is 17.9 Å². The van der Waals surface area contributed by atoms with Gasteiger partial charge in [-0.15, -0.1) is 0 Å². The summed E-state index contributed by atoms with van der Waals surface area (Å²) in [7, 11) is -2.19. The SMILES string of the molecule is Cc1cccc(C)c1-c1cc2nc(n1)NS(=O)(=O)c1cccc(c1)C(=O)N(Cc1cnc3cc(C(C)C)n(C)c3n1)[C@H](CC1(C)CCC1)CO2. The summed E-state index contributed by atoms with van der Waals surface area (Å²) in [5.41, 5.74) is 6.93. The highest BCUT2D eigenvalue weighted by molar-refractivity contribution is 7.92. The van der Waals surface area contributed by atoms with Crippen LogP contribution in [0.3, 0.4) is 0 Å². The first-order valence-electron chi connectivity index (χ1n) is 17.1. The van der Waals surface area contributed by atoms with Crippen LogP contribution in [0.5, 0.6) is 5.88 Å². The summed E-state index contributed by atoms with van der Waals surface area (Å²) in [5.74, 6) is 0.0788. The van der Waals surface area contributed by atoms with Gasteiger partial charge in [0, 0.05) is 29.9 Å². The average molecular weight is 694 g/mol. The van der Waals surface area contributed by atoms with Crippen molar-refractivity contribution in [2.75, 3.05) is 11.3 Å². The largest absolute Gasteiger partial charge is 0.475 e. The van der Waals surface area contributed by atoms with Gasteiger partial charge in [-0.05, 0) is 79.8 Å². The number of aryl methyl sites for hydroxylation is 3.